The van der Waals surface area contributed by atoms with E-state index in [0.29, 0.717) is 54.1 Å². The molecule has 10 nitrogen and oxygen atoms in total. The minimum atomic E-state index is -0.572. The molecule has 0 radical (unpaired) electrons. The first kappa shape index (κ1) is 27.6. The summed E-state index contributed by atoms with van der Waals surface area (Å²) in [5, 5.41) is 2.60. The lowest BCUT2D eigenvalue weighted by Gasteiger charge is -2.38. The second-order valence-corrected chi connectivity index (χ2v) is 10.4. The van der Waals surface area contributed by atoms with E-state index in [4.69, 9.17) is 19.2 Å². The lowest BCUT2D eigenvalue weighted by molar-refractivity contribution is -0.143. The standard InChI is InChI=1S/C27H34N4O6S/c1-16(2)37-26(34)24-17(3)28-27-31(25(24)19-7-8-21(35-5)22(13-19)36-6)20(15-38-27)14-23(33)30-11-9-29(10-12-30)18(4)32/h7-8,13,15-16,25H,9-12,14H2,1-6H3/t25-/m1/s1. The minimum absolute atomic E-state index is 0.0157. The normalized spacial score (nSPS) is 19.2. The molecule has 4 rings (SSSR count). The van der Waals surface area contributed by atoms with E-state index < -0.39 is 12.0 Å². The molecule has 1 aromatic carbocycles. The van der Waals surface area contributed by atoms with Crippen LogP contribution < -0.4 is 9.47 Å². The van der Waals surface area contributed by atoms with Crippen molar-refractivity contribution in [3.8, 4) is 11.5 Å². The van der Waals surface area contributed by atoms with Crippen LogP contribution in [0.4, 0.5) is 0 Å². The van der Waals surface area contributed by atoms with Crippen molar-refractivity contribution in [1.29, 1.82) is 0 Å². The Labute approximate surface area is 227 Å². The number of aliphatic imine (C=N–C) groups is 1. The number of hydrogen-bond donors (Lipinski definition) is 0. The van der Waals surface area contributed by atoms with Gasteiger partial charge in [-0.25, -0.2) is 9.79 Å². The summed E-state index contributed by atoms with van der Waals surface area (Å²) >= 11 is 1.42. The van der Waals surface area contributed by atoms with Crippen LogP contribution in [0.15, 0.2) is 45.6 Å². The van der Waals surface area contributed by atoms with E-state index in [1.54, 1.807) is 57.8 Å². The van der Waals surface area contributed by atoms with Gasteiger partial charge in [0.2, 0.25) is 11.8 Å². The predicted octanol–water partition coefficient (Wildman–Crippen LogP) is 3.31. The van der Waals surface area contributed by atoms with Gasteiger partial charge in [0.25, 0.3) is 0 Å². The average molecular weight is 543 g/mol. The second-order valence-electron chi connectivity index (χ2n) is 9.53. The Balaban J connectivity index is 1.67. The molecule has 3 aliphatic rings. The first-order valence-corrected chi connectivity index (χ1v) is 13.4. The summed E-state index contributed by atoms with van der Waals surface area (Å²) in [6.45, 7) is 8.97. The van der Waals surface area contributed by atoms with Crippen LogP contribution in [-0.2, 0) is 19.1 Å². The summed E-state index contributed by atoms with van der Waals surface area (Å²) in [6.07, 6.45) is -0.168. The highest BCUT2D eigenvalue weighted by Crippen LogP contribution is 2.46. The van der Waals surface area contributed by atoms with Gasteiger partial charge in [0.1, 0.15) is 0 Å². The zero-order valence-corrected chi connectivity index (χ0v) is 23.5. The third-order valence-corrected chi connectivity index (χ3v) is 7.59. The molecule has 0 unspecified atom stereocenters. The monoisotopic (exact) mass is 542 g/mol. The van der Waals surface area contributed by atoms with Gasteiger partial charge in [-0.1, -0.05) is 17.8 Å². The topological polar surface area (TPSA) is 101 Å². The fourth-order valence-corrected chi connectivity index (χ4v) is 5.75. The molecule has 0 aliphatic carbocycles. The Hall–Kier alpha value is -3.47. The molecule has 2 amide bonds. The van der Waals surface area contributed by atoms with Crippen molar-refractivity contribution in [3.63, 3.8) is 0 Å². The Morgan fingerprint density at radius 1 is 1.05 bits per heavy atom. The summed E-state index contributed by atoms with van der Waals surface area (Å²) in [7, 11) is 3.13. The van der Waals surface area contributed by atoms with Crippen LogP contribution in [0.25, 0.3) is 0 Å². The third-order valence-electron chi connectivity index (χ3n) is 6.70. The van der Waals surface area contributed by atoms with Crippen LogP contribution in [0, 0.1) is 0 Å². The van der Waals surface area contributed by atoms with Gasteiger partial charge in [-0.15, -0.1) is 0 Å². The van der Waals surface area contributed by atoms with Gasteiger partial charge in [-0.3, -0.25) is 9.59 Å². The molecule has 0 aromatic heterocycles. The molecule has 1 aromatic rings. The zero-order valence-electron chi connectivity index (χ0n) is 22.6. The highest BCUT2D eigenvalue weighted by Gasteiger charge is 2.42. The van der Waals surface area contributed by atoms with Crippen molar-refractivity contribution >= 4 is 34.7 Å². The first-order chi connectivity index (χ1) is 18.1. The molecule has 0 bridgehead atoms. The number of hydrogen-bond acceptors (Lipinski definition) is 9. The first-order valence-electron chi connectivity index (χ1n) is 12.5. The number of benzene rings is 1. The number of fused-ring (bicyclic) bond motifs is 1. The summed E-state index contributed by atoms with van der Waals surface area (Å²) in [5.74, 6) is 0.620. The number of nitrogens with zero attached hydrogens (tertiary/aromatic N) is 4. The van der Waals surface area contributed by atoms with Crippen molar-refractivity contribution < 1.29 is 28.6 Å². The lowest BCUT2D eigenvalue weighted by Crippen LogP contribution is -2.50. The van der Waals surface area contributed by atoms with E-state index in [0.717, 1.165) is 11.3 Å². The molecule has 1 fully saturated rings. The van der Waals surface area contributed by atoms with Crippen LogP contribution in [0.5, 0.6) is 11.5 Å². The Bertz CT molecular complexity index is 1220. The van der Waals surface area contributed by atoms with E-state index in [1.807, 2.05) is 22.4 Å². The molecule has 0 saturated carbocycles. The molecule has 3 aliphatic heterocycles. The van der Waals surface area contributed by atoms with Crippen molar-refractivity contribution in [2.75, 3.05) is 40.4 Å². The van der Waals surface area contributed by atoms with Crippen LogP contribution in [0.2, 0.25) is 0 Å². The van der Waals surface area contributed by atoms with Crippen LogP contribution in [0.1, 0.15) is 45.7 Å². The maximum absolute atomic E-state index is 13.4. The number of rotatable bonds is 7. The third kappa shape index (κ3) is 5.52. The number of carbonyl (C=O) groups is 3. The van der Waals surface area contributed by atoms with E-state index >= 15 is 0 Å². The van der Waals surface area contributed by atoms with Gasteiger partial charge in [0.15, 0.2) is 16.7 Å². The second kappa shape index (κ2) is 11.5. The van der Waals surface area contributed by atoms with Crippen molar-refractivity contribution in [2.45, 2.75) is 46.3 Å². The molecule has 0 spiro atoms. The summed E-state index contributed by atoms with van der Waals surface area (Å²) in [5.41, 5.74) is 2.50. The number of carbonyl (C=O) groups excluding carboxylic acids is 3. The molecular weight excluding hydrogens is 508 g/mol. The number of ether oxygens (including phenoxy) is 3. The fourth-order valence-electron chi connectivity index (χ4n) is 4.78. The lowest BCUT2D eigenvalue weighted by atomic mass is 9.93. The maximum atomic E-state index is 13.4. The molecule has 1 saturated heterocycles. The summed E-state index contributed by atoms with van der Waals surface area (Å²) < 4.78 is 16.6. The number of esters is 1. The summed E-state index contributed by atoms with van der Waals surface area (Å²) in [4.78, 5) is 48.6. The molecule has 38 heavy (non-hydrogen) atoms. The largest absolute Gasteiger partial charge is 0.493 e. The number of amides is 2. The average Bonchev–Trinajstić information content (AvgIpc) is 3.28. The molecule has 11 heteroatoms. The Kier molecular flexibility index (Phi) is 8.35. The van der Waals surface area contributed by atoms with Gasteiger partial charge in [0, 0.05) is 38.8 Å². The van der Waals surface area contributed by atoms with Crippen molar-refractivity contribution in [2.24, 2.45) is 4.99 Å². The smallest absolute Gasteiger partial charge is 0.338 e. The predicted molar refractivity (Wildman–Crippen MR) is 145 cm³/mol. The Morgan fingerprint density at radius 2 is 1.71 bits per heavy atom. The molecule has 1 atom stereocenters. The quantitative estimate of drug-likeness (QED) is 0.484. The maximum Gasteiger partial charge on any atom is 0.338 e. The van der Waals surface area contributed by atoms with E-state index in [-0.39, 0.29) is 24.3 Å². The number of thioether (sulfide) groups is 1. The van der Waals surface area contributed by atoms with Crippen molar-refractivity contribution in [3.05, 3.63) is 46.1 Å². The highest BCUT2D eigenvalue weighted by molar-refractivity contribution is 8.16. The van der Waals surface area contributed by atoms with E-state index in [1.165, 1.54) is 11.8 Å². The fraction of sp³-hybridized carbons (Fsp3) is 0.481. The minimum Gasteiger partial charge on any atom is -0.493 e. The molecule has 0 N–H and O–H groups in total. The number of amidine groups is 1. The van der Waals surface area contributed by atoms with Gasteiger partial charge < -0.3 is 28.9 Å². The zero-order chi connectivity index (χ0) is 27.6. The van der Waals surface area contributed by atoms with Crippen molar-refractivity contribution in [1.82, 2.24) is 14.7 Å². The number of methoxy groups -OCH3 is 2. The van der Waals surface area contributed by atoms with Crippen LogP contribution >= 0.6 is 11.8 Å². The Morgan fingerprint density at radius 3 is 2.32 bits per heavy atom. The van der Waals surface area contributed by atoms with Gasteiger partial charge in [-0.05, 0) is 43.9 Å². The van der Waals surface area contributed by atoms with Crippen LogP contribution in [-0.4, -0.2) is 84.2 Å². The van der Waals surface area contributed by atoms with Crippen LogP contribution in [0.3, 0.4) is 0 Å². The molecular formula is C27H34N4O6S. The number of allylic oxidation sites excluding steroid dienone is 1. The van der Waals surface area contributed by atoms with E-state index in [9.17, 15) is 14.4 Å². The van der Waals surface area contributed by atoms with Gasteiger partial charge >= 0.3 is 5.97 Å². The van der Waals surface area contributed by atoms with Gasteiger partial charge in [0.05, 0.1) is 44.1 Å². The molecule has 204 valence electrons. The highest BCUT2D eigenvalue weighted by atomic mass is 32.2. The van der Waals surface area contributed by atoms with E-state index in [2.05, 4.69) is 0 Å². The van der Waals surface area contributed by atoms with Gasteiger partial charge in [-0.2, -0.15) is 0 Å². The summed E-state index contributed by atoms with van der Waals surface area (Å²) in [6, 6.07) is 4.95. The SMILES string of the molecule is COc1ccc([C@@H]2C(C(=O)OC(C)C)=C(C)N=C3SC=C(CC(=O)N4CCN(C(C)=O)CC4)N32)cc1OC. The molecule has 3 heterocycles. The number of piperazine rings is 1.